The van der Waals surface area contributed by atoms with Gasteiger partial charge in [-0.15, -0.1) is 0 Å². The van der Waals surface area contributed by atoms with Crippen molar-refractivity contribution in [1.82, 2.24) is 4.98 Å². The van der Waals surface area contributed by atoms with Gasteiger partial charge in [-0.25, -0.2) is 4.79 Å². The van der Waals surface area contributed by atoms with E-state index in [1.165, 1.54) is 17.7 Å². The van der Waals surface area contributed by atoms with Crippen LogP contribution in [0, 0.1) is 0 Å². The number of aliphatic hydroxyl groups is 2. The minimum atomic E-state index is -1.56. The van der Waals surface area contributed by atoms with Gasteiger partial charge in [0.05, 0.1) is 6.61 Å². The van der Waals surface area contributed by atoms with Crippen molar-refractivity contribution in [2.45, 2.75) is 44.8 Å². The van der Waals surface area contributed by atoms with E-state index in [4.69, 9.17) is 4.74 Å². The number of esters is 1. The molecule has 0 aliphatic heterocycles. The summed E-state index contributed by atoms with van der Waals surface area (Å²) in [6.45, 7) is 1.84. The fraction of sp³-hybridized carbons (Fsp3) is 0.471. The average molecular weight is 303 g/mol. The van der Waals surface area contributed by atoms with Gasteiger partial charge in [0.1, 0.15) is 6.10 Å². The lowest BCUT2D eigenvalue weighted by Gasteiger charge is -2.17. The summed E-state index contributed by atoms with van der Waals surface area (Å²) in [4.78, 5) is 15.0. The Morgan fingerprint density at radius 1 is 1.32 bits per heavy atom. The molecular weight excluding hydrogens is 282 g/mol. The molecule has 5 nitrogen and oxygen atoms in total. The van der Waals surface area contributed by atoms with Crippen molar-refractivity contribution >= 4 is 16.9 Å². The number of carbonyl (C=O) groups is 1. The first-order valence-corrected chi connectivity index (χ1v) is 7.78. The summed E-state index contributed by atoms with van der Waals surface area (Å²) in [6.07, 6.45) is 1.59. The number of rotatable bonds is 4. The number of aryl methyl sites for hydroxylation is 2. The van der Waals surface area contributed by atoms with Crippen molar-refractivity contribution in [3.63, 3.8) is 0 Å². The fourth-order valence-electron chi connectivity index (χ4n) is 3.15. The molecule has 3 N–H and O–H groups in total. The zero-order valence-electron chi connectivity index (χ0n) is 12.6. The van der Waals surface area contributed by atoms with Crippen molar-refractivity contribution in [3.05, 3.63) is 35.0 Å². The maximum atomic E-state index is 11.6. The molecule has 0 fully saturated rings. The Hall–Kier alpha value is -1.85. The highest BCUT2D eigenvalue weighted by molar-refractivity contribution is 5.86. The van der Waals surface area contributed by atoms with E-state index in [1.54, 1.807) is 13.0 Å². The third-order valence-corrected chi connectivity index (χ3v) is 4.29. The van der Waals surface area contributed by atoms with Gasteiger partial charge in [0.2, 0.25) is 0 Å². The zero-order chi connectivity index (χ0) is 15.7. The summed E-state index contributed by atoms with van der Waals surface area (Å²) in [5.74, 6) is -0.800. The number of aliphatic hydroxyl groups excluding tert-OH is 2. The molecule has 0 amide bonds. The number of nitrogens with one attached hydrogen (secondary N) is 1. The molecule has 2 aromatic rings. The number of benzene rings is 1. The lowest BCUT2D eigenvalue weighted by molar-refractivity contribution is -0.159. The van der Waals surface area contributed by atoms with Crippen LogP contribution in [0.1, 0.15) is 42.7 Å². The van der Waals surface area contributed by atoms with Crippen LogP contribution in [0.2, 0.25) is 0 Å². The summed E-state index contributed by atoms with van der Waals surface area (Å²) >= 11 is 0. The van der Waals surface area contributed by atoms with Crippen LogP contribution < -0.4 is 0 Å². The highest BCUT2D eigenvalue weighted by Crippen LogP contribution is 2.31. The van der Waals surface area contributed by atoms with Crippen LogP contribution in [-0.4, -0.2) is 33.9 Å². The first-order valence-electron chi connectivity index (χ1n) is 7.78. The van der Waals surface area contributed by atoms with Gasteiger partial charge < -0.3 is 19.9 Å². The molecule has 5 heteroatoms. The molecule has 22 heavy (non-hydrogen) atoms. The maximum Gasteiger partial charge on any atom is 0.338 e. The summed E-state index contributed by atoms with van der Waals surface area (Å²) < 4.78 is 4.75. The normalized spacial score (nSPS) is 17.0. The number of fused-ring (bicyclic) bond motifs is 3. The predicted molar refractivity (Wildman–Crippen MR) is 82.5 cm³/mol. The first kappa shape index (κ1) is 15.1. The number of H-pyrrole nitrogens is 1. The minimum Gasteiger partial charge on any atom is -0.464 e. The van der Waals surface area contributed by atoms with Crippen molar-refractivity contribution in [2.24, 2.45) is 0 Å². The molecule has 0 saturated carbocycles. The van der Waals surface area contributed by atoms with Crippen molar-refractivity contribution in [1.29, 1.82) is 0 Å². The van der Waals surface area contributed by atoms with Gasteiger partial charge >= 0.3 is 5.97 Å². The lowest BCUT2D eigenvalue weighted by atomic mass is 9.94. The standard InChI is InChI=1S/C17H21NO4/c1-2-22-17(21)16(20)15(19)10-7-8-14-12(9-10)11-5-3-4-6-13(11)18-14/h7-9,15-16,18-20H,2-6H2,1H3. The number of hydrogen-bond acceptors (Lipinski definition) is 4. The molecular formula is C17H21NO4. The molecule has 0 saturated heterocycles. The molecule has 1 heterocycles. The SMILES string of the molecule is CCOC(=O)C(O)C(O)c1ccc2[nH]c3c(c2c1)CCCC3. The van der Waals surface area contributed by atoms with E-state index in [0.29, 0.717) is 5.56 Å². The van der Waals surface area contributed by atoms with Crippen LogP contribution in [0.15, 0.2) is 18.2 Å². The van der Waals surface area contributed by atoms with Crippen molar-refractivity contribution in [3.8, 4) is 0 Å². The van der Waals surface area contributed by atoms with Gasteiger partial charge in [-0.2, -0.15) is 0 Å². The average Bonchev–Trinajstić information content (AvgIpc) is 2.91. The number of ether oxygens (including phenoxy) is 1. The molecule has 1 aliphatic carbocycles. The Labute approximate surface area is 128 Å². The van der Waals surface area contributed by atoms with E-state index in [9.17, 15) is 15.0 Å². The fourth-order valence-corrected chi connectivity index (χ4v) is 3.15. The molecule has 1 aromatic carbocycles. The van der Waals surface area contributed by atoms with Crippen LogP contribution >= 0.6 is 0 Å². The molecule has 3 rings (SSSR count). The van der Waals surface area contributed by atoms with E-state index < -0.39 is 18.2 Å². The second-order valence-corrected chi connectivity index (χ2v) is 5.74. The number of carbonyl (C=O) groups excluding carboxylic acids is 1. The molecule has 2 unspecified atom stereocenters. The van der Waals surface area contributed by atoms with Crippen LogP contribution in [0.4, 0.5) is 0 Å². The smallest absolute Gasteiger partial charge is 0.338 e. The highest BCUT2D eigenvalue weighted by Gasteiger charge is 2.27. The quantitative estimate of drug-likeness (QED) is 0.755. The Morgan fingerprint density at radius 2 is 2.09 bits per heavy atom. The Morgan fingerprint density at radius 3 is 2.86 bits per heavy atom. The zero-order valence-corrected chi connectivity index (χ0v) is 12.6. The summed E-state index contributed by atoms with van der Waals surface area (Å²) in [7, 11) is 0. The Balaban J connectivity index is 1.92. The Bertz CT molecular complexity index is 691. The lowest BCUT2D eigenvalue weighted by Crippen LogP contribution is -2.29. The third-order valence-electron chi connectivity index (χ3n) is 4.29. The van der Waals surface area contributed by atoms with Crippen LogP contribution in [0.5, 0.6) is 0 Å². The van der Waals surface area contributed by atoms with E-state index >= 15 is 0 Å². The summed E-state index contributed by atoms with van der Waals surface area (Å²) in [6, 6.07) is 5.49. The number of aromatic nitrogens is 1. The molecule has 0 radical (unpaired) electrons. The van der Waals surface area contributed by atoms with E-state index in [0.717, 1.165) is 30.2 Å². The van der Waals surface area contributed by atoms with Gasteiger partial charge in [-0.05, 0) is 55.9 Å². The highest BCUT2D eigenvalue weighted by atomic mass is 16.5. The number of hydrogen-bond donors (Lipinski definition) is 3. The van der Waals surface area contributed by atoms with Crippen molar-refractivity contribution in [2.75, 3.05) is 6.61 Å². The van der Waals surface area contributed by atoms with Gasteiger partial charge in [-0.3, -0.25) is 0 Å². The maximum absolute atomic E-state index is 11.6. The van der Waals surface area contributed by atoms with Gasteiger partial charge in [0, 0.05) is 16.6 Å². The van der Waals surface area contributed by atoms with Gasteiger partial charge in [0.15, 0.2) is 6.10 Å². The van der Waals surface area contributed by atoms with Crippen molar-refractivity contribution < 1.29 is 19.7 Å². The third kappa shape index (κ3) is 2.62. The summed E-state index contributed by atoms with van der Waals surface area (Å²) in [5, 5.41) is 21.2. The molecule has 2 atom stereocenters. The van der Waals surface area contributed by atoms with Gasteiger partial charge in [-0.1, -0.05) is 6.07 Å². The topological polar surface area (TPSA) is 82.6 Å². The first-order chi connectivity index (χ1) is 10.6. The predicted octanol–water partition coefficient (Wildman–Crippen LogP) is 2.00. The van der Waals surface area contributed by atoms with E-state index in [-0.39, 0.29) is 6.61 Å². The molecule has 118 valence electrons. The molecule has 0 spiro atoms. The second-order valence-electron chi connectivity index (χ2n) is 5.74. The van der Waals surface area contributed by atoms with E-state index in [1.807, 2.05) is 12.1 Å². The largest absolute Gasteiger partial charge is 0.464 e. The van der Waals surface area contributed by atoms with Crippen LogP contribution in [0.3, 0.4) is 0 Å². The monoisotopic (exact) mass is 303 g/mol. The summed E-state index contributed by atoms with van der Waals surface area (Å²) in [5.41, 5.74) is 4.12. The van der Waals surface area contributed by atoms with Crippen LogP contribution in [0.25, 0.3) is 10.9 Å². The van der Waals surface area contributed by atoms with Gasteiger partial charge in [0.25, 0.3) is 0 Å². The second kappa shape index (κ2) is 6.10. The van der Waals surface area contributed by atoms with Crippen LogP contribution in [-0.2, 0) is 22.4 Å². The number of aromatic amines is 1. The minimum absolute atomic E-state index is 0.174. The molecule has 1 aliphatic rings. The van der Waals surface area contributed by atoms with E-state index in [2.05, 4.69) is 4.98 Å². The Kier molecular flexibility index (Phi) is 4.18. The molecule has 0 bridgehead atoms. The molecule has 1 aromatic heterocycles.